The molecular formula is C24H21ClN4O5S. The van der Waals surface area contributed by atoms with Crippen molar-refractivity contribution in [3.63, 3.8) is 0 Å². The number of nitriles is 1. The van der Waals surface area contributed by atoms with Crippen molar-refractivity contribution in [2.75, 3.05) is 20.0 Å². The molecule has 0 saturated carbocycles. The number of hydrogen-bond acceptors (Lipinski definition) is 9. The quantitative estimate of drug-likeness (QED) is 0.194. The molecule has 0 radical (unpaired) electrons. The minimum atomic E-state index is -0.528. The topological polar surface area (TPSA) is 127 Å². The van der Waals surface area contributed by atoms with E-state index in [9.17, 15) is 14.9 Å². The number of aromatic nitrogens is 1. The average Bonchev–Trinajstić information content (AvgIpc) is 3.31. The molecule has 0 fully saturated rings. The van der Waals surface area contributed by atoms with Crippen LogP contribution in [0.1, 0.15) is 32.9 Å². The van der Waals surface area contributed by atoms with E-state index in [-0.39, 0.29) is 28.9 Å². The highest BCUT2D eigenvalue weighted by Crippen LogP contribution is 2.27. The number of hydrogen-bond donors (Lipinski definition) is 1. The van der Waals surface area contributed by atoms with Crippen molar-refractivity contribution in [2.45, 2.75) is 18.6 Å². The normalized spacial score (nSPS) is 10.8. The maximum atomic E-state index is 12.2. The number of methoxy groups -OCH3 is 2. The van der Waals surface area contributed by atoms with Gasteiger partial charge in [-0.05, 0) is 42.8 Å². The molecular weight excluding hydrogens is 492 g/mol. The van der Waals surface area contributed by atoms with Crippen molar-refractivity contribution in [1.29, 1.82) is 5.26 Å². The van der Waals surface area contributed by atoms with Gasteiger partial charge in [-0.15, -0.1) is 0 Å². The monoisotopic (exact) mass is 512 g/mol. The van der Waals surface area contributed by atoms with Crippen LogP contribution in [0.2, 0.25) is 5.02 Å². The summed E-state index contributed by atoms with van der Waals surface area (Å²) in [5.74, 6) is 0.0259. The number of thioether (sulfide) groups is 1. The van der Waals surface area contributed by atoms with Crippen LogP contribution in [0.5, 0.6) is 0 Å². The lowest BCUT2D eigenvalue weighted by molar-refractivity contribution is -0.118. The Hall–Kier alpha value is -3.65. The Morgan fingerprint density at radius 2 is 2.09 bits per heavy atom. The van der Waals surface area contributed by atoms with Gasteiger partial charge in [0.2, 0.25) is 5.91 Å². The molecule has 1 aromatic carbocycles. The molecule has 35 heavy (non-hydrogen) atoms. The van der Waals surface area contributed by atoms with Gasteiger partial charge in [0.05, 0.1) is 41.8 Å². The molecule has 3 aromatic rings. The molecule has 2 aromatic heterocycles. The summed E-state index contributed by atoms with van der Waals surface area (Å²) in [5.41, 5.74) is 5.17. The van der Waals surface area contributed by atoms with E-state index < -0.39 is 5.97 Å². The summed E-state index contributed by atoms with van der Waals surface area (Å²) < 4.78 is 15.5. The maximum absolute atomic E-state index is 12.2. The summed E-state index contributed by atoms with van der Waals surface area (Å²) >= 11 is 7.30. The largest absolute Gasteiger partial charge is 0.465 e. The van der Waals surface area contributed by atoms with Gasteiger partial charge in [0.1, 0.15) is 22.6 Å². The number of esters is 1. The Morgan fingerprint density at radius 3 is 2.77 bits per heavy atom. The average molecular weight is 513 g/mol. The maximum Gasteiger partial charge on any atom is 0.339 e. The zero-order valence-electron chi connectivity index (χ0n) is 19.1. The van der Waals surface area contributed by atoms with Crippen LogP contribution >= 0.6 is 23.4 Å². The summed E-state index contributed by atoms with van der Waals surface area (Å²) in [6.45, 7) is 2.09. The molecule has 0 atom stereocenters. The number of halogens is 1. The molecule has 180 valence electrons. The molecule has 2 heterocycles. The molecule has 3 rings (SSSR count). The van der Waals surface area contributed by atoms with Crippen molar-refractivity contribution in [3.05, 3.63) is 69.6 Å². The van der Waals surface area contributed by atoms with E-state index in [0.717, 1.165) is 23.0 Å². The van der Waals surface area contributed by atoms with Gasteiger partial charge in [0.15, 0.2) is 0 Å². The number of benzene rings is 1. The lowest BCUT2D eigenvalue weighted by Gasteiger charge is -2.09. The van der Waals surface area contributed by atoms with E-state index in [1.54, 1.807) is 43.5 Å². The van der Waals surface area contributed by atoms with Crippen LogP contribution < -0.4 is 5.43 Å². The fourth-order valence-electron chi connectivity index (χ4n) is 3.06. The predicted octanol–water partition coefficient (Wildman–Crippen LogP) is 4.35. The zero-order chi connectivity index (χ0) is 25.4. The Morgan fingerprint density at radius 1 is 1.29 bits per heavy atom. The van der Waals surface area contributed by atoms with Gasteiger partial charge in [-0.25, -0.2) is 15.2 Å². The van der Waals surface area contributed by atoms with E-state index in [1.165, 1.54) is 13.3 Å². The third-order valence-electron chi connectivity index (χ3n) is 4.61. The number of carbonyl (C=O) groups excluding carboxylic acids is 2. The summed E-state index contributed by atoms with van der Waals surface area (Å²) in [6, 6.07) is 12.1. The van der Waals surface area contributed by atoms with E-state index in [0.29, 0.717) is 27.7 Å². The third-order valence-corrected chi connectivity index (χ3v) is 5.90. The summed E-state index contributed by atoms with van der Waals surface area (Å²) in [4.78, 5) is 28.2. The van der Waals surface area contributed by atoms with Crippen LogP contribution in [-0.4, -0.2) is 43.0 Å². The Labute approximate surface area is 211 Å². The van der Waals surface area contributed by atoms with Crippen LogP contribution in [0, 0.1) is 18.3 Å². The number of pyridine rings is 1. The van der Waals surface area contributed by atoms with E-state index >= 15 is 0 Å². The molecule has 0 aliphatic heterocycles. The standard InChI is InChI=1S/C24H21ClN4O5S/c1-14-8-16(12-32-2)19(10-26)23(28-14)35-13-22(30)29-27-11-17-5-7-21(34-17)15-4-6-18(20(25)9-15)24(31)33-3/h4-9,11H,12-13H2,1-3H3,(H,29,30)/b27-11-. The number of furan rings is 1. The first kappa shape index (κ1) is 26.0. The molecule has 0 saturated heterocycles. The minimum absolute atomic E-state index is 0.0172. The first-order chi connectivity index (χ1) is 16.9. The van der Waals surface area contributed by atoms with Crippen molar-refractivity contribution < 1.29 is 23.5 Å². The molecule has 0 aliphatic rings. The summed E-state index contributed by atoms with van der Waals surface area (Å²) in [6.07, 6.45) is 1.36. The second-order valence-corrected chi connectivity index (χ2v) is 8.49. The Kier molecular flexibility index (Phi) is 9.03. The summed E-state index contributed by atoms with van der Waals surface area (Å²) in [5, 5.41) is 14.1. The van der Waals surface area contributed by atoms with Gasteiger partial charge in [-0.2, -0.15) is 10.4 Å². The highest BCUT2D eigenvalue weighted by molar-refractivity contribution is 8.00. The fraction of sp³-hybridized carbons (Fsp3) is 0.208. The smallest absolute Gasteiger partial charge is 0.339 e. The highest BCUT2D eigenvalue weighted by atomic mass is 35.5. The van der Waals surface area contributed by atoms with Crippen molar-refractivity contribution in [2.24, 2.45) is 5.10 Å². The number of ether oxygens (including phenoxy) is 2. The molecule has 0 spiro atoms. The van der Waals surface area contributed by atoms with Gasteiger partial charge >= 0.3 is 5.97 Å². The molecule has 9 nitrogen and oxygen atoms in total. The van der Waals surface area contributed by atoms with E-state index in [1.807, 2.05) is 6.92 Å². The van der Waals surface area contributed by atoms with Crippen molar-refractivity contribution in [3.8, 4) is 17.4 Å². The number of nitrogens with zero attached hydrogens (tertiary/aromatic N) is 3. The fourth-order valence-corrected chi connectivity index (χ4v) is 4.18. The second kappa shape index (κ2) is 12.2. The van der Waals surface area contributed by atoms with Gasteiger partial charge in [0.25, 0.3) is 0 Å². The second-order valence-electron chi connectivity index (χ2n) is 7.12. The number of hydrazone groups is 1. The van der Waals surface area contributed by atoms with Gasteiger partial charge < -0.3 is 13.9 Å². The third kappa shape index (κ3) is 6.70. The minimum Gasteiger partial charge on any atom is -0.465 e. The zero-order valence-corrected chi connectivity index (χ0v) is 20.7. The van der Waals surface area contributed by atoms with Crippen molar-refractivity contribution in [1.82, 2.24) is 10.4 Å². The molecule has 0 unspecified atom stereocenters. The number of aryl methyl sites for hydroxylation is 1. The van der Waals surface area contributed by atoms with Gasteiger partial charge in [0, 0.05) is 18.4 Å². The van der Waals surface area contributed by atoms with Crippen LogP contribution in [-0.2, 0) is 20.9 Å². The lowest BCUT2D eigenvalue weighted by atomic mass is 10.1. The van der Waals surface area contributed by atoms with Crippen LogP contribution in [0.15, 0.2) is 50.9 Å². The van der Waals surface area contributed by atoms with Crippen molar-refractivity contribution >= 4 is 41.5 Å². The first-order valence-corrected chi connectivity index (χ1v) is 11.5. The molecule has 11 heteroatoms. The van der Waals surface area contributed by atoms with Gasteiger partial charge in [-0.3, -0.25) is 4.79 Å². The Bertz CT molecular complexity index is 1320. The van der Waals surface area contributed by atoms with Gasteiger partial charge in [-0.1, -0.05) is 29.4 Å². The number of amides is 1. The summed E-state index contributed by atoms with van der Waals surface area (Å²) in [7, 11) is 2.83. The van der Waals surface area contributed by atoms with Crippen LogP contribution in [0.25, 0.3) is 11.3 Å². The molecule has 0 aliphatic carbocycles. The SMILES string of the molecule is COCc1cc(C)nc(SCC(=O)N/N=C\c2ccc(-c3ccc(C(=O)OC)c(Cl)c3)o2)c1C#N. The highest BCUT2D eigenvalue weighted by Gasteiger charge is 2.14. The Balaban J connectivity index is 1.59. The number of rotatable bonds is 9. The lowest BCUT2D eigenvalue weighted by Crippen LogP contribution is -2.19. The first-order valence-electron chi connectivity index (χ1n) is 10.2. The van der Waals surface area contributed by atoms with E-state index in [2.05, 4.69) is 26.3 Å². The molecule has 1 N–H and O–H groups in total. The number of nitrogens with one attached hydrogen (secondary N) is 1. The molecule has 1 amide bonds. The molecule has 0 bridgehead atoms. The van der Waals surface area contributed by atoms with Crippen LogP contribution in [0.3, 0.4) is 0 Å². The van der Waals surface area contributed by atoms with Crippen LogP contribution in [0.4, 0.5) is 0 Å². The number of carbonyl (C=O) groups is 2. The predicted molar refractivity (Wildman–Crippen MR) is 131 cm³/mol. The van der Waals surface area contributed by atoms with E-state index in [4.69, 9.17) is 20.8 Å².